The number of fused-ring (bicyclic) bond motifs is 1. The molecule has 2 aliphatic heterocycles. The van der Waals surface area contributed by atoms with Crippen molar-refractivity contribution in [2.24, 2.45) is 5.73 Å². The van der Waals surface area contributed by atoms with Crippen LogP contribution in [0.4, 0.5) is 0 Å². The van der Waals surface area contributed by atoms with Crippen molar-refractivity contribution in [1.29, 1.82) is 0 Å². The number of carboxylic acid groups (broad SMARTS) is 1. The molecule has 0 saturated carbocycles. The Bertz CT molecular complexity index is 751. The van der Waals surface area contributed by atoms with Gasteiger partial charge in [-0.1, -0.05) is 30.3 Å². The maximum Gasteiger partial charge on any atom is 0.356 e. The van der Waals surface area contributed by atoms with E-state index in [2.05, 4.69) is 5.32 Å². The van der Waals surface area contributed by atoms with Gasteiger partial charge in [0.2, 0.25) is 5.91 Å². The molecule has 0 bridgehead atoms. The Morgan fingerprint density at radius 3 is 2.68 bits per heavy atom. The maximum absolute atomic E-state index is 12.4. The number of nitrogens with one attached hydrogen (secondary N) is 1. The van der Waals surface area contributed by atoms with Crippen molar-refractivity contribution in [1.82, 2.24) is 10.2 Å². The van der Waals surface area contributed by atoms with Crippen LogP contribution in [0.1, 0.15) is 11.6 Å². The third-order valence-corrected chi connectivity index (χ3v) is 5.37. The van der Waals surface area contributed by atoms with Gasteiger partial charge in [-0.2, -0.15) is 0 Å². The van der Waals surface area contributed by atoms with Gasteiger partial charge in [-0.15, -0.1) is 11.8 Å². The largest absolute Gasteiger partial charge is 0.498 e. The molecule has 0 spiro atoms. The predicted molar refractivity (Wildman–Crippen MR) is 90.1 cm³/mol. The molecule has 2 aliphatic rings. The summed E-state index contributed by atoms with van der Waals surface area (Å²) in [5, 5.41) is 11.5. The van der Waals surface area contributed by atoms with Crippen molar-refractivity contribution >= 4 is 29.5 Å². The molecule has 2 unspecified atom stereocenters. The Labute approximate surface area is 148 Å². The average Bonchev–Trinajstić information content (AvgIpc) is 2.64. The van der Waals surface area contributed by atoms with Crippen LogP contribution in [0.5, 0.6) is 0 Å². The van der Waals surface area contributed by atoms with E-state index < -0.39 is 35.2 Å². The average molecular weight is 363 g/mol. The summed E-state index contributed by atoms with van der Waals surface area (Å²) in [6.07, 6.45) is 0. The van der Waals surface area contributed by atoms with Gasteiger partial charge in [0.1, 0.15) is 23.2 Å². The fourth-order valence-corrected chi connectivity index (χ4v) is 4.11. The fourth-order valence-electron chi connectivity index (χ4n) is 2.80. The van der Waals surface area contributed by atoms with Gasteiger partial charge in [0.15, 0.2) is 5.70 Å². The van der Waals surface area contributed by atoms with Crippen LogP contribution in [0.3, 0.4) is 0 Å². The number of hydrogen-bond donors (Lipinski definition) is 3. The molecule has 1 aromatic carbocycles. The van der Waals surface area contributed by atoms with Crippen LogP contribution in [0.15, 0.2) is 41.8 Å². The van der Waals surface area contributed by atoms with Gasteiger partial charge in [-0.05, 0) is 5.56 Å². The number of nitrogens with zero attached hydrogens (tertiary/aromatic N) is 1. The lowest BCUT2D eigenvalue weighted by molar-refractivity contribution is -0.151. The number of amides is 2. The van der Waals surface area contributed by atoms with Crippen LogP contribution < -0.4 is 11.1 Å². The Hall–Kier alpha value is -2.52. The number of β-lactam (4-membered cyclic amide) rings is 1. The number of carbonyl (C=O) groups is 3. The smallest absolute Gasteiger partial charge is 0.356 e. The van der Waals surface area contributed by atoms with E-state index in [0.29, 0.717) is 11.3 Å². The summed E-state index contributed by atoms with van der Waals surface area (Å²) in [6.45, 7) is 0. The summed E-state index contributed by atoms with van der Waals surface area (Å²) in [6, 6.07) is 7.10. The molecule has 2 heterocycles. The molecule has 25 heavy (non-hydrogen) atoms. The zero-order valence-electron chi connectivity index (χ0n) is 13.3. The highest BCUT2D eigenvalue weighted by Crippen LogP contribution is 2.40. The molecule has 3 atom stereocenters. The van der Waals surface area contributed by atoms with E-state index in [4.69, 9.17) is 10.5 Å². The summed E-state index contributed by atoms with van der Waals surface area (Å²) in [4.78, 5) is 37.3. The van der Waals surface area contributed by atoms with Crippen LogP contribution in [0.2, 0.25) is 0 Å². The monoisotopic (exact) mass is 363 g/mol. The molecule has 4 N–H and O–H groups in total. The van der Waals surface area contributed by atoms with Gasteiger partial charge in [-0.25, -0.2) is 4.79 Å². The number of nitrogens with two attached hydrogens (primary N) is 1. The number of benzene rings is 1. The Kier molecular flexibility index (Phi) is 4.69. The first kappa shape index (κ1) is 17.3. The molecule has 8 nitrogen and oxygen atoms in total. The number of rotatable bonds is 5. The normalized spacial score (nSPS) is 23.4. The molecule has 0 aliphatic carbocycles. The SMILES string of the molecule is COC1=C(C(=O)O)N2C(=O)C(NC(=O)C(N)c3ccccc3)[C@H]2SC1. The zero-order chi connectivity index (χ0) is 18.1. The Balaban J connectivity index is 1.73. The van der Waals surface area contributed by atoms with Crippen molar-refractivity contribution in [3.8, 4) is 0 Å². The van der Waals surface area contributed by atoms with Crippen LogP contribution in [-0.2, 0) is 19.1 Å². The molecule has 1 fully saturated rings. The molecule has 0 radical (unpaired) electrons. The van der Waals surface area contributed by atoms with E-state index in [9.17, 15) is 19.5 Å². The summed E-state index contributed by atoms with van der Waals surface area (Å²) in [5.74, 6) is -1.67. The lowest BCUT2D eigenvalue weighted by Gasteiger charge is -2.49. The number of thioether (sulfide) groups is 1. The van der Waals surface area contributed by atoms with Gasteiger partial charge in [-0.3, -0.25) is 14.5 Å². The number of aliphatic carboxylic acids is 1. The molecule has 1 aromatic rings. The van der Waals surface area contributed by atoms with Crippen LogP contribution in [-0.4, -0.2) is 52.1 Å². The lowest BCUT2D eigenvalue weighted by Crippen LogP contribution is -2.71. The fraction of sp³-hybridized carbons (Fsp3) is 0.312. The molecule has 9 heteroatoms. The van der Waals surface area contributed by atoms with E-state index in [1.165, 1.54) is 18.9 Å². The van der Waals surface area contributed by atoms with Crippen molar-refractivity contribution in [3.63, 3.8) is 0 Å². The predicted octanol–water partition coefficient (Wildman–Crippen LogP) is 0.0289. The van der Waals surface area contributed by atoms with Crippen LogP contribution >= 0.6 is 11.8 Å². The topological polar surface area (TPSA) is 122 Å². The van der Waals surface area contributed by atoms with Crippen molar-refractivity contribution < 1.29 is 24.2 Å². The molecular formula is C16H17N3O5S. The first-order valence-corrected chi connectivity index (χ1v) is 8.56. The highest BCUT2D eigenvalue weighted by molar-refractivity contribution is 8.00. The van der Waals surface area contributed by atoms with E-state index in [1.54, 1.807) is 24.3 Å². The lowest BCUT2D eigenvalue weighted by atomic mass is 10.0. The highest BCUT2D eigenvalue weighted by Gasteiger charge is 2.54. The van der Waals surface area contributed by atoms with Gasteiger partial charge in [0, 0.05) is 0 Å². The highest BCUT2D eigenvalue weighted by atomic mass is 32.2. The Morgan fingerprint density at radius 2 is 2.08 bits per heavy atom. The maximum atomic E-state index is 12.4. The minimum Gasteiger partial charge on any atom is -0.498 e. The van der Waals surface area contributed by atoms with E-state index in [-0.39, 0.29) is 11.5 Å². The molecule has 3 rings (SSSR count). The minimum absolute atomic E-state index is 0.172. The first-order chi connectivity index (χ1) is 12.0. The van der Waals surface area contributed by atoms with Crippen molar-refractivity contribution in [2.45, 2.75) is 17.5 Å². The second-order valence-electron chi connectivity index (χ2n) is 5.57. The Morgan fingerprint density at radius 1 is 1.40 bits per heavy atom. The third kappa shape index (κ3) is 2.96. The first-order valence-electron chi connectivity index (χ1n) is 7.51. The van der Waals surface area contributed by atoms with Crippen LogP contribution in [0, 0.1) is 0 Å². The molecule has 1 saturated heterocycles. The van der Waals surface area contributed by atoms with Crippen molar-refractivity contribution in [3.05, 3.63) is 47.4 Å². The summed E-state index contributed by atoms with van der Waals surface area (Å²) in [7, 11) is 1.36. The summed E-state index contributed by atoms with van der Waals surface area (Å²) >= 11 is 1.33. The van der Waals surface area contributed by atoms with Gasteiger partial charge >= 0.3 is 5.97 Å². The number of methoxy groups -OCH3 is 1. The molecule has 132 valence electrons. The minimum atomic E-state index is -1.23. The number of carbonyl (C=O) groups excluding carboxylic acids is 2. The second-order valence-corrected chi connectivity index (χ2v) is 6.67. The molecular weight excluding hydrogens is 346 g/mol. The standard InChI is InChI=1S/C16H17N3O5S/c1-24-9-7-25-15-11(14(21)19(15)12(9)16(22)23)18-13(20)10(17)8-5-3-2-4-6-8/h2-6,10-11,15H,7,17H2,1H3,(H,18,20)(H,22,23)/t10?,11?,15-/m1/s1. The quantitative estimate of drug-likeness (QED) is 0.631. The van der Waals surface area contributed by atoms with Gasteiger partial charge in [0.25, 0.3) is 5.91 Å². The van der Waals surface area contributed by atoms with Gasteiger partial charge in [0.05, 0.1) is 12.9 Å². The molecule has 0 aromatic heterocycles. The van der Waals surface area contributed by atoms with Crippen molar-refractivity contribution in [2.75, 3.05) is 12.9 Å². The molecule has 2 amide bonds. The number of hydrogen-bond acceptors (Lipinski definition) is 6. The number of ether oxygens (including phenoxy) is 1. The zero-order valence-corrected chi connectivity index (χ0v) is 14.2. The van der Waals surface area contributed by atoms with Gasteiger partial charge < -0.3 is 20.9 Å². The van der Waals surface area contributed by atoms with E-state index in [1.807, 2.05) is 6.07 Å². The second kappa shape index (κ2) is 6.77. The van der Waals surface area contributed by atoms with Crippen LogP contribution in [0.25, 0.3) is 0 Å². The summed E-state index contributed by atoms with van der Waals surface area (Å²) in [5.41, 5.74) is 6.39. The third-order valence-electron chi connectivity index (χ3n) is 4.12. The van der Waals surface area contributed by atoms with E-state index in [0.717, 1.165) is 4.90 Å². The summed E-state index contributed by atoms with van der Waals surface area (Å²) < 4.78 is 5.06. The number of carboxylic acids is 1. The van der Waals surface area contributed by atoms with E-state index >= 15 is 0 Å².